The number of benzene rings is 1. The third-order valence-corrected chi connectivity index (χ3v) is 7.11. The summed E-state index contributed by atoms with van der Waals surface area (Å²) in [5, 5.41) is 9.91. The second-order valence-corrected chi connectivity index (χ2v) is 9.86. The fourth-order valence-corrected chi connectivity index (χ4v) is 5.37. The molecule has 27 heavy (non-hydrogen) atoms. The van der Waals surface area contributed by atoms with Gasteiger partial charge in [-0.2, -0.15) is 4.31 Å². The van der Waals surface area contributed by atoms with Crippen molar-refractivity contribution in [1.29, 1.82) is 0 Å². The summed E-state index contributed by atoms with van der Waals surface area (Å²) in [6.07, 6.45) is 1.71. The molecule has 4 rings (SSSR count). The largest absolute Gasteiger partial charge is 0.493 e. The molecule has 0 bridgehead atoms. The predicted molar refractivity (Wildman–Crippen MR) is 98.9 cm³/mol. The molecule has 1 N–H and O–H groups in total. The van der Waals surface area contributed by atoms with Crippen molar-refractivity contribution >= 4 is 15.9 Å². The molecule has 0 fully saturated rings. The van der Waals surface area contributed by atoms with Crippen molar-refractivity contribution in [3.63, 3.8) is 0 Å². The summed E-state index contributed by atoms with van der Waals surface area (Å²) in [7, 11) is -3.60. The first-order valence-corrected chi connectivity index (χ1v) is 10.6. The smallest absolute Gasteiger partial charge is 0.254 e. The molecule has 146 valence electrons. The number of rotatable bonds is 3. The van der Waals surface area contributed by atoms with E-state index in [2.05, 4.69) is 0 Å². The van der Waals surface area contributed by atoms with Crippen LogP contribution in [0.4, 0.5) is 0 Å². The lowest BCUT2D eigenvalue weighted by Crippen LogP contribution is -2.45. The van der Waals surface area contributed by atoms with Crippen molar-refractivity contribution in [2.75, 3.05) is 32.8 Å². The molecule has 0 unspecified atom stereocenters. The lowest BCUT2D eigenvalue weighted by molar-refractivity contribution is -0.146. The van der Waals surface area contributed by atoms with E-state index in [1.54, 1.807) is 23.1 Å². The van der Waals surface area contributed by atoms with E-state index in [9.17, 15) is 18.3 Å². The summed E-state index contributed by atoms with van der Waals surface area (Å²) in [5.41, 5.74) is 1.43. The van der Waals surface area contributed by atoms with Crippen molar-refractivity contribution in [3.05, 3.63) is 34.9 Å². The molecule has 3 aliphatic heterocycles. The molecule has 0 aliphatic carbocycles. The molecule has 3 heterocycles. The van der Waals surface area contributed by atoms with E-state index in [1.807, 2.05) is 0 Å². The number of aliphatic hydroxyl groups is 1. The zero-order valence-electron chi connectivity index (χ0n) is 15.6. The second kappa shape index (κ2) is 6.32. The van der Waals surface area contributed by atoms with Crippen LogP contribution in [0.5, 0.6) is 5.75 Å². The van der Waals surface area contributed by atoms with Crippen molar-refractivity contribution in [2.45, 2.75) is 37.2 Å². The molecular weight excluding hydrogens is 368 g/mol. The van der Waals surface area contributed by atoms with Crippen LogP contribution in [0.25, 0.3) is 0 Å². The van der Waals surface area contributed by atoms with Crippen LogP contribution in [-0.2, 0) is 21.2 Å². The number of hydrogen-bond donors (Lipinski definition) is 1. The minimum Gasteiger partial charge on any atom is -0.493 e. The van der Waals surface area contributed by atoms with Crippen molar-refractivity contribution in [2.24, 2.45) is 0 Å². The highest BCUT2D eigenvalue weighted by molar-refractivity contribution is 7.89. The molecule has 1 aromatic rings. The van der Waals surface area contributed by atoms with E-state index in [-0.39, 0.29) is 10.8 Å². The molecule has 8 heteroatoms. The normalized spacial score (nSPS) is 20.5. The van der Waals surface area contributed by atoms with Crippen LogP contribution in [0.3, 0.4) is 0 Å². The Morgan fingerprint density at radius 3 is 2.44 bits per heavy atom. The Bertz CT molecular complexity index is 912. The van der Waals surface area contributed by atoms with Gasteiger partial charge in [0.1, 0.15) is 11.4 Å². The van der Waals surface area contributed by atoms with E-state index in [0.717, 1.165) is 35.3 Å². The van der Waals surface area contributed by atoms with Gasteiger partial charge in [0.2, 0.25) is 10.0 Å². The van der Waals surface area contributed by atoms with Crippen molar-refractivity contribution in [1.82, 2.24) is 9.21 Å². The van der Waals surface area contributed by atoms with E-state index < -0.39 is 15.6 Å². The molecule has 0 saturated carbocycles. The molecule has 0 spiro atoms. The number of aryl methyl sites for hydroxylation is 1. The summed E-state index contributed by atoms with van der Waals surface area (Å²) in [4.78, 5) is 14.1. The maximum absolute atomic E-state index is 13.1. The van der Waals surface area contributed by atoms with Crippen LogP contribution in [0.15, 0.2) is 34.2 Å². The van der Waals surface area contributed by atoms with Gasteiger partial charge in [-0.1, -0.05) is 0 Å². The van der Waals surface area contributed by atoms with E-state index in [1.165, 1.54) is 18.2 Å². The van der Waals surface area contributed by atoms with Crippen LogP contribution >= 0.6 is 0 Å². The lowest BCUT2D eigenvalue weighted by Gasteiger charge is -2.27. The Kier molecular flexibility index (Phi) is 4.32. The van der Waals surface area contributed by atoms with Gasteiger partial charge in [0.05, 0.1) is 11.5 Å². The number of ether oxygens (including phenoxy) is 1. The Labute approximate surface area is 159 Å². The molecule has 3 aliphatic rings. The molecule has 1 amide bonds. The van der Waals surface area contributed by atoms with Gasteiger partial charge < -0.3 is 14.7 Å². The van der Waals surface area contributed by atoms with Crippen LogP contribution in [0, 0.1) is 0 Å². The Morgan fingerprint density at radius 2 is 1.81 bits per heavy atom. The van der Waals surface area contributed by atoms with E-state index >= 15 is 0 Å². The van der Waals surface area contributed by atoms with Gasteiger partial charge in [-0.25, -0.2) is 8.42 Å². The van der Waals surface area contributed by atoms with E-state index in [4.69, 9.17) is 4.74 Å². The standard InChI is InChI=1S/C19H24N2O5S/c1-19(2,23)18(22)20-9-14-11-21(12-15(14)10-20)27(24,25)16-5-6-17-13(8-16)4-3-7-26-17/h5-6,8,23H,3-4,7,9-12H2,1-2H3. The average Bonchev–Trinajstić information content (AvgIpc) is 3.19. The van der Waals surface area contributed by atoms with Crippen molar-refractivity contribution in [3.8, 4) is 5.75 Å². The number of amides is 1. The number of nitrogens with zero attached hydrogens (tertiary/aromatic N) is 2. The highest BCUT2D eigenvalue weighted by Gasteiger charge is 2.40. The third-order valence-electron chi connectivity index (χ3n) is 5.33. The first-order chi connectivity index (χ1) is 12.7. The molecular formula is C19H24N2O5S. The average molecular weight is 392 g/mol. The maximum Gasteiger partial charge on any atom is 0.254 e. The first kappa shape index (κ1) is 18.5. The quantitative estimate of drug-likeness (QED) is 0.773. The first-order valence-electron chi connectivity index (χ1n) is 9.13. The summed E-state index contributed by atoms with van der Waals surface area (Å²) in [5.74, 6) is 0.434. The van der Waals surface area contributed by atoms with Crippen LogP contribution < -0.4 is 4.74 Å². The minimum absolute atomic E-state index is 0.289. The minimum atomic E-state index is -3.60. The Balaban J connectivity index is 1.48. The number of carbonyl (C=O) groups is 1. The molecule has 7 nitrogen and oxygen atoms in total. The molecule has 0 aromatic heterocycles. The summed E-state index contributed by atoms with van der Waals surface area (Å²) in [6, 6.07) is 5.06. The molecule has 0 radical (unpaired) electrons. The van der Waals surface area contributed by atoms with Gasteiger partial charge in [0.25, 0.3) is 5.91 Å². The highest BCUT2D eigenvalue weighted by Crippen LogP contribution is 2.33. The Morgan fingerprint density at radius 1 is 1.15 bits per heavy atom. The summed E-state index contributed by atoms with van der Waals surface area (Å²) < 4.78 is 33.2. The van der Waals surface area contributed by atoms with Gasteiger partial charge in [-0.15, -0.1) is 0 Å². The van der Waals surface area contributed by atoms with Gasteiger partial charge in [0.15, 0.2) is 0 Å². The monoisotopic (exact) mass is 392 g/mol. The van der Waals surface area contributed by atoms with Gasteiger partial charge in [-0.05, 0) is 61.6 Å². The maximum atomic E-state index is 13.1. The summed E-state index contributed by atoms with van der Waals surface area (Å²) >= 11 is 0. The number of fused-ring (bicyclic) bond motifs is 1. The van der Waals surface area contributed by atoms with Crippen LogP contribution in [0.1, 0.15) is 25.8 Å². The van der Waals surface area contributed by atoms with Gasteiger partial charge in [-0.3, -0.25) is 4.79 Å². The molecule has 0 saturated heterocycles. The molecule has 0 atom stereocenters. The third kappa shape index (κ3) is 3.26. The van der Waals surface area contributed by atoms with E-state index in [0.29, 0.717) is 32.8 Å². The second-order valence-electron chi connectivity index (χ2n) is 7.92. The zero-order valence-corrected chi connectivity index (χ0v) is 16.4. The summed E-state index contributed by atoms with van der Waals surface area (Å²) in [6.45, 7) is 4.94. The SMILES string of the molecule is CC(C)(O)C(=O)N1CC2=C(C1)CN(S(=O)(=O)c1ccc3c(c1)CCCO3)C2. The number of carbonyl (C=O) groups excluding carboxylic acids is 1. The van der Waals surface area contributed by atoms with Gasteiger partial charge in [0, 0.05) is 26.2 Å². The molecule has 1 aromatic carbocycles. The Hall–Kier alpha value is -1.90. The predicted octanol–water partition coefficient (Wildman–Crippen LogP) is 0.926. The number of hydrogen-bond acceptors (Lipinski definition) is 5. The topological polar surface area (TPSA) is 87.2 Å². The van der Waals surface area contributed by atoms with Crippen LogP contribution in [0.2, 0.25) is 0 Å². The fraction of sp³-hybridized carbons (Fsp3) is 0.526. The lowest BCUT2D eigenvalue weighted by atomic mass is 10.1. The van der Waals surface area contributed by atoms with Crippen LogP contribution in [-0.4, -0.2) is 67.0 Å². The fourth-order valence-electron chi connectivity index (χ4n) is 3.89. The number of sulfonamides is 1. The van der Waals surface area contributed by atoms with Gasteiger partial charge >= 0.3 is 0 Å². The highest BCUT2D eigenvalue weighted by atomic mass is 32.2. The van der Waals surface area contributed by atoms with Crippen molar-refractivity contribution < 1.29 is 23.1 Å². The zero-order chi connectivity index (χ0) is 19.4.